The second-order valence-corrected chi connectivity index (χ2v) is 5.46. The molecule has 1 rings (SSSR count). The molecule has 0 saturated heterocycles. The van der Waals surface area contributed by atoms with E-state index in [-0.39, 0.29) is 11.8 Å². The fourth-order valence-electron chi connectivity index (χ4n) is 2.27. The molecule has 1 amide bonds. The molecule has 0 aliphatic heterocycles. The highest BCUT2D eigenvalue weighted by Gasteiger charge is 2.17. The van der Waals surface area contributed by atoms with Gasteiger partial charge in [-0.3, -0.25) is 4.79 Å². The van der Waals surface area contributed by atoms with Crippen molar-refractivity contribution >= 4 is 5.91 Å². The normalized spacial score (nSPS) is 12.3. The molecular weight excluding hydrogens is 236 g/mol. The maximum atomic E-state index is 12.2. The van der Waals surface area contributed by atoms with Crippen molar-refractivity contribution in [3.63, 3.8) is 0 Å². The molecule has 1 unspecified atom stereocenters. The minimum Gasteiger partial charge on any atom is -0.341 e. The van der Waals surface area contributed by atoms with Gasteiger partial charge in [0.2, 0.25) is 5.91 Å². The summed E-state index contributed by atoms with van der Waals surface area (Å²) in [7, 11) is 1.87. The minimum absolute atomic E-state index is 0.00171. The van der Waals surface area contributed by atoms with Crippen molar-refractivity contribution in [3.05, 3.63) is 34.4 Å². The van der Waals surface area contributed by atoms with Crippen LogP contribution in [-0.4, -0.2) is 24.4 Å². The van der Waals surface area contributed by atoms with Gasteiger partial charge in [0.25, 0.3) is 0 Å². The van der Waals surface area contributed by atoms with Crippen molar-refractivity contribution in [2.75, 3.05) is 13.6 Å². The molecule has 0 heterocycles. The number of nitrogens with zero attached hydrogens (tertiary/aromatic N) is 1. The molecule has 3 nitrogen and oxygen atoms in total. The third kappa shape index (κ3) is 3.80. The van der Waals surface area contributed by atoms with Gasteiger partial charge in [-0.25, -0.2) is 0 Å². The van der Waals surface area contributed by atoms with Crippen LogP contribution in [0.25, 0.3) is 0 Å². The molecule has 19 heavy (non-hydrogen) atoms. The Bertz CT molecular complexity index is 454. The Kier molecular flexibility index (Phi) is 5.55. The number of carbonyl (C=O) groups excluding carboxylic acids is 1. The molecule has 0 fully saturated rings. The van der Waals surface area contributed by atoms with Gasteiger partial charge in [0.15, 0.2) is 0 Å². The topological polar surface area (TPSA) is 46.3 Å². The van der Waals surface area contributed by atoms with E-state index in [1.165, 1.54) is 22.3 Å². The minimum atomic E-state index is 0.00171. The van der Waals surface area contributed by atoms with Crippen LogP contribution in [0.5, 0.6) is 0 Å². The summed E-state index contributed by atoms with van der Waals surface area (Å²) < 4.78 is 0. The van der Waals surface area contributed by atoms with Crippen LogP contribution in [-0.2, 0) is 11.3 Å². The van der Waals surface area contributed by atoms with Crippen LogP contribution in [0.3, 0.4) is 0 Å². The van der Waals surface area contributed by atoms with Crippen molar-refractivity contribution in [1.29, 1.82) is 0 Å². The van der Waals surface area contributed by atoms with E-state index < -0.39 is 0 Å². The Morgan fingerprint density at radius 3 is 2.47 bits per heavy atom. The predicted molar refractivity (Wildman–Crippen MR) is 80.0 cm³/mol. The lowest BCUT2D eigenvalue weighted by Gasteiger charge is -2.23. The third-order valence-electron chi connectivity index (χ3n) is 3.98. The number of hydrogen-bond donors (Lipinski definition) is 1. The quantitative estimate of drug-likeness (QED) is 0.886. The first-order valence-corrected chi connectivity index (χ1v) is 6.89. The Balaban J connectivity index is 2.80. The number of nitrogens with two attached hydrogens (primary N) is 1. The summed E-state index contributed by atoms with van der Waals surface area (Å²) in [5.74, 6) is 0.171. The molecule has 1 aromatic carbocycles. The molecule has 0 aromatic heterocycles. The lowest BCUT2D eigenvalue weighted by atomic mass is 9.98. The van der Waals surface area contributed by atoms with Crippen LogP contribution < -0.4 is 5.73 Å². The third-order valence-corrected chi connectivity index (χ3v) is 3.98. The van der Waals surface area contributed by atoms with E-state index in [1.54, 1.807) is 4.90 Å². The van der Waals surface area contributed by atoms with Crippen LogP contribution in [0.1, 0.15) is 35.6 Å². The van der Waals surface area contributed by atoms with Gasteiger partial charge < -0.3 is 10.6 Å². The van der Waals surface area contributed by atoms with Crippen LogP contribution >= 0.6 is 0 Å². The number of carbonyl (C=O) groups is 1. The molecule has 1 aromatic rings. The van der Waals surface area contributed by atoms with Gasteiger partial charge in [-0.15, -0.1) is 0 Å². The highest BCUT2D eigenvalue weighted by atomic mass is 16.2. The van der Waals surface area contributed by atoms with Gasteiger partial charge in [-0.05, 0) is 56.0 Å². The molecular formula is C16H26N2O. The van der Waals surface area contributed by atoms with Gasteiger partial charge in [0.05, 0.1) is 0 Å². The van der Waals surface area contributed by atoms with Gasteiger partial charge in [0, 0.05) is 19.5 Å². The maximum absolute atomic E-state index is 12.2. The van der Waals surface area contributed by atoms with Gasteiger partial charge >= 0.3 is 0 Å². The largest absolute Gasteiger partial charge is 0.341 e. The Labute approximate surface area is 116 Å². The summed E-state index contributed by atoms with van der Waals surface area (Å²) in [5.41, 5.74) is 10.6. The predicted octanol–water partition coefficient (Wildman–Crippen LogP) is 2.56. The molecule has 0 radical (unpaired) electrons. The van der Waals surface area contributed by atoms with Crippen molar-refractivity contribution < 1.29 is 4.79 Å². The Morgan fingerprint density at radius 2 is 1.89 bits per heavy atom. The summed E-state index contributed by atoms with van der Waals surface area (Å²) in [6.07, 6.45) is 0.745. The average molecular weight is 262 g/mol. The van der Waals surface area contributed by atoms with Crippen LogP contribution in [0.2, 0.25) is 0 Å². The van der Waals surface area contributed by atoms with Crippen molar-refractivity contribution in [1.82, 2.24) is 4.90 Å². The lowest BCUT2D eigenvalue weighted by Crippen LogP contribution is -2.32. The zero-order valence-corrected chi connectivity index (χ0v) is 12.8. The molecule has 0 bridgehead atoms. The second-order valence-electron chi connectivity index (χ2n) is 5.46. The van der Waals surface area contributed by atoms with Crippen LogP contribution in [0.4, 0.5) is 0 Å². The van der Waals surface area contributed by atoms with Gasteiger partial charge in [-0.2, -0.15) is 0 Å². The summed E-state index contributed by atoms with van der Waals surface area (Å²) in [6.45, 7) is 9.54. The van der Waals surface area contributed by atoms with E-state index in [0.29, 0.717) is 13.1 Å². The first-order chi connectivity index (χ1) is 8.88. The smallest absolute Gasteiger partial charge is 0.225 e. The molecule has 106 valence electrons. The number of rotatable bonds is 5. The lowest BCUT2D eigenvalue weighted by molar-refractivity contribution is -0.134. The first kappa shape index (κ1) is 15.7. The van der Waals surface area contributed by atoms with E-state index in [0.717, 1.165) is 6.42 Å². The standard InChI is InChI=1S/C16H26N2O/c1-11-6-7-15(14(4)13(11)3)10-18(5)16(19)12(2)8-9-17/h6-7,12H,8-10,17H2,1-5H3. The fraction of sp³-hybridized carbons (Fsp3) is 0.562. The van der Waals surface area contributed by atoms with E-state index >= 15 is 0 Å². The van der Waals surface area contributed by atoms with E-state index in [4.69, 9.17) is 5.73 Å². The van der Waals surface area contributed by atoms with Crippen molar-refractivity contribution in [3.8, 4) is 0 Å². The van der Waals surface area contributed by atoms with Crippen molar-refractivity contribution in [2.24, 2.45) is 11.7 Å². The highest BCUT2D eigenvalue weighted by molar-refractivity contribution is 5.78. The molecule has 0 spiro atoms. The number of aryl methyl sites for hydroxylation is 1. The molecule has 2 N–H and O–H groups in total. The molecule has 1 atom stereocenters. The van der Waals surface area contributed by atoms with E-state index in [9.17, 15) is 4.79 Å². The summed E-state index contributed by atoms with van der Waals surface area (Å²) >= 11 is 0. The van der Waals surface area contributed by atoms with Crippen LogP contribution in [0.15, 0.2) is 12.1 Å². The maximum Gasteiger partial charge on any atom is 0.225 e. The summed E-state index contributed by atoms with van der Waals surface area (Å²) in [4.78, 5) is 14.0. The fourth-order valence-corrected chi connectivity index (χ4v) is 2.27. The van der Waals surface area contributed by atoms with Crippen LogP contribution in [0, 0.1) is 26.7 Å². The first-order valence-electron chi connectivity index (χ1n) is 6.89. The Hall–Kier alpha value is -1.35. The monoisotopic (exact) mass is 262 g/mol. The summed E-state index contributed by atoms with van der Waals surface area (Å²) in [5, 5.41) is 0. The molecule has 3 heteroatoms. The number of benzene rings is 1. The zero-order valence-electron chi connectivity index (χ0n) is 12.8. The average Bonchev–Trinajstić information content (AvgIpc) is 2.38. The SMILES string of the molecule is Cc1ccc(CN(C)C(=O)C(C)CCN)c(C)c1C. The van der Waals surface area contributed by atoms with Gasteiger partial charge in [0.1, 0.15) is 0 Å². The van der Waals surface area contributed by atoms with Gasteiger partial charge in [-0.1, -0.05) is 19.1 Å². The van der Waals surface area contributed by atoms with E-state index in [2.05, 4.69) is 32.9 Å². The van der Waals surface area contributed by atoms with Crippen molar-refractivity contribution in [2.45, 2.75) is 40.7 Å². The molecule has 0 saturated carbocycles. The molecule has 0 aliphatic rings. The Morgan fingerprint density at radius 1 is 1.26 bits per heavy atom. The zero-order chi connectivity index (χ0) is 14.6. The molecule has 0 aliphatic carbocycles. The highest BCUT2D eigenvalue weighted by Crippen LogP contribution is 2.19. The second kappa shape index (κ2) is 6.71. The number of amides is 1. The van der Waals surface area contributed by atoms with E-state index in [1.807, 2.05) is 14.0 Å². The summed E-state index contributed by atoms with van der Waals surface area (Å²) in [6, 6.07) is 4.24. The number of hydrogen-bond acceptors (Lipinski definition) is 2.